The summed E-state index contributed by atoms with van der Waals surface area (Å²) in [7, 11) is 0. The van der Waals surface area contributed by atoms with E-state index in [1.54, 1.807) is 18.2 Å². The molecule has 0 spiro atoms. The zero-order valence-electron chi connectivity index (χ0n) is 19.7. The quantitative estimate of drug-likeness (QED) is 0.143. The van der Waals surface area contributed by atoms with Gasteiger partial charge in [-0.1, -0.05) is 15.9 Å². The van der Waals surface area contributed by atoms with Gasteiger partial charge in [-0.3, -0.25) is 9.59 Å². The van der Waals surface area contributed by atoms with Crippen molar-refractivity contribution in [2.75, 3.05) is 18.5 Å². The maximum absolute atomic E-state index is 13.1. The number of nitrogens with zero attached hydrogens (tertiary/aromatic N) is 1. The third kappa shape index (κ3) is 7.00. The van der Waals surface area contributed by atoms with Crippen LogP contribution in [0.25, 0.3) is 11.0 Å². The van der Waals surface area contributed by atoms with Gasteiger partial charge in [0.25, 0.3) is 5.91 Å². The summed E-state index contributed by atoms with van der Waals surface area (Å²) >= 11 is 10.3. The Hall–Kier alpha value is -3.22. The predicted octanol–water partition coefficient (Wildman–Crippen LogP) is 7.04. The van der Waals surface area contributed by atoms with Crippen molar-refractivity contribution < 1.29 is 27.9 Å². The molecule has 1 aromatic heterocycles. The van der Waals surface area contributed by atoms with Crippen LogP contribution in [-0.2, 0) is 4.79 Å². The second-order valence-corrected chi connectivity index (χ2v) is 10.3. The number of nitrogens with one attached hydrogen (secondary N) is 2. The van der Waals surface area contributed by atoms with Gasteiger partial charge in [-0.2, -0.15) is 5.10 Å². The number of hydrogen-bond acceptors (Lipinski definition) is 6. The molecule has 0 aliphatic heterocycles. The summed E-state index contributed by atoms with van der Waals surface area (Å²) in [5.41, 5.74) is 4.03. The molecular formula is C26H19Br3FN3O5. The normalized spacial score (nSPS) is 11.1. The van der Waals surface area contributed by atoms with Gasteiger partial charge < -0.3 is 19.2 Å². The molecule has 0 radical (unpaired) electrons. The molecule has 2 amide bonds. The van der Waals surface area contributed by atoms with Gasteiger partial charge in [-0.25, -0.2) is 9.82 Å². The number of fused-ring (bicyclic) bond motifs is 1. The minimum Gasteiger partial charge on any atom is -0.490 e. The molecule has 12 heteroatoms. The molecule has 1 heterocycles. The van der Waals surface area contributed by atoms with Crippen molar-refractivity contribution in [3.63, 3.8) is 0 Å². The lowest BCUT2D eigenvalue weighted by atomic mass is 10.2. The largest absolute Gasteiger partial charge is 0.490 e. The van der Waals surface area contributed by atoms with E-state index in [9.17, 15) is 14.0 Å². The smallest absolute Gasteiger partial charge is 0.307 e. The van der Waals surface area contributed by atoms with Gasteiger partial charge >= 0.3 is 5.91 Å². The molecule has 38 heavy (non-hydrogen) atoms. The zero-order valence-corrected chi connectivity index (χ0v) is 24.4. The first-order valence-electron chi connectivity index (χ1n) is 11.1. The maximum atomic E-state index is 13.1. The fourth-order valence-corrected chi connectivity index (χ4v) is 5.26. The van der Waals surface area contributed by atoms with Crippen molar-refractivity contribution >= 4 is 82.5 Å². The fourth-order valence-electron chi connectivity index (χ4n) is 3.34. The Labute approximate surface area is 241 Å². The molecular weight excluding hydrogens is 693 g/mol. The number of carbonyl (C=O) groups excluding carboxylic acids is 2. The van der Waals surface area contributed by atoms with E-state index in [0.29, 0.717) is 43.9 Å². The number of ether oxygens (including phenoxy) is 2. The van der Waals surface area contributed by atoms with Crippen LogP contribution < -0.4 is 20.2 Å². The molecule has 0 unspecified atom stereocenters. The Bertz CT molecular complexity index is 1520. The number of halogens is 4. The molecule has 8 nitrogen and oxygen atoms in total. The first-order valence-corrected chi connectivity index (χ1v) is 13.5. The van der Waals surface area contributed by atoms with E-state index < -0.39 is 17.6 Å². The summed E-state index contributed by atoms with van der Waals surface area (Å²) in [4.78, 5) is 24.8. The van der Waals surface area contributed by atoms with E-state index >= 15 is 0 Å². The van der Waals surface area contributed by atoms with Crippen LogP contribution in [0.4, 0.5) is 10.1 Å². The molecule has 0 bridgehead atoms. The van der Waals surface area contributed by atoms with Gasteiger partial charge in [0.05, 0.1) is 21.8 Å². The van der Waals surface area contributed by atoms with E-state index in [4.69, 9.17) is 13.9 Å². The number of rotatable bonds is 9. The van der Waals surface area contributed by atoms with Crippen molar-refractivity contribution in [1.29, 1.82) is 0 Å². The second kappa shape index (κ2) is 12.5. The van der Waals surface area contributed by atoms with E-state index in [0.717, 1.165) is 9.86 Å². The second-order valence-electron chi connectivity index (χ2n) is 7.72. The first kappa shape index (κ1) is 27.8. The SMILES string of the molecule is CCOc1cc(/C=N\NC(=O)c2cc3cc(Br)cc(Br)c3o2)cc(Br)c1OCC(=O)Nc1ccc(F)cc1. The maximum Gasteiger partial charge on any atom is 0.307 e. The molecule has 4 rings (SSSR count). The topological polar surface area (TPSA) is 102 Å². The Morgan fingerprint density at radius 1 is 1.03 bits per heavy atom. The molecule has 0 saturated heterocycles. The summed E-state index contributed by atoms with van der Waals surface area (Å²) in [6.45, 7) is 1.85. The van der Waals surface area contributed by atoms with Crippen molar-refractivity contribution in [2.45, 2.75) is 6.92 Å². The molecule has 0 fully saturated rings. The van der Waals surface area contributed by atoms with Crippen LogP contribution in [0.3, 0.4) is 0 Å². The van der Waals surface area contributed by atoms with Crippen molar-refractivity contribution in [2.24, 2.45) is 5.10 Å². The number of furan rings is 1. The molecule has 0 aliphatic carbocycles. The van der Waals surface area contributed by atoms with Crippen LogP contribution in [-0.4, -0.2) is 31.2 Å². The standard InChI is InChI=1S/C26H19Br3FN3O5/c1-2-36-21-8-14(7-19(28)25(21)37-13-23(34)32-18-5-3-17(30)4-6-18)12-31-33-26(35)22-10-15-9-16(27)11-20(29)24(15)38-22/h3-12H,2,13H2,1H3,(H,32,34)(H,33,35)/b31-12-. The number of anilines is 1. The minimum atomic E-state index is -0.517. The van der Waals surface area contributed by atoms with Crippen molar-refractivity contribution in [3.8, 4) is 11.5 Å². The lowest BCUT2D eigenvalue weighted by Gasteiger charge is -2.14. The number of hydrazone groups is 1. The first-order chi connectivity index (χ1) is 18.2. The summed E-state index contributed by atoms with van der Waals surface area (Å²) in [5.74, 6) is -0.544. The van der Waals surface area contributed by atoms with E-state index in [-0.39, 0.29) is 12.4 Å². The number of amides is 2. The van der Waals surface area contributed by atoms with Crippen LogP contribution in [0, 0.1) is 5.82 Å². The number of benzene rings is 3. The third-order valence-electron chi connectivity index (χ3n) is 4.95. The number of carbonyl (C=O) groups is 2. The van der Waals surface area contributed by atoms with Gasteiger partial charge in [-0.05, 0) is 98.9 Å². The monoisotopic (exact) mass is 709 g/mol. The van der Waals surface area contributed by atoms with Crippen molar-refractivity contribution in [1.82, 2.24) is 5.43 Å². The van der Waals surface area contributed by atoms with Gasteiger partial charge in [0.2, 0.25) is 0 Å². The average molecular weight is 712 g/mol. The molecule has 196 valence electrons. The Morgan fingerprint density at radius 2 is 1.79 bits per heavy atom. The van der Waals surface area contributed by atoms with Crippen LogP contribution in [0.5, 0.6) is 11.5 Å². The lowest BCUT2D eigenvalue weighted by Crippen LogP contribution is -2.20. The highest BCUT2D eigenvalue weighted by atomic mass is 79.9. The molecule has 0 saturated carbocycles. The number of hydrogen-bond donors (Lipinski definition) is 2. The highest BCUT2D eigenvalue weighted by Crippen LogP contribution is 2.36. The van der Waals surface area contributed by atoms with Crippen LogP contribution in [0.2, 0.25) is 0 Å². The minimum absolute atomic E-state index is 0.106. The summed E-state index contributed by atoms with van der Waals surface area (Å²) in [5, 5.41) is 7.40. The van der Waals surface area contributed by atoms with Gasteiger partial charge in [-0.15, -0.1) is 0 Å². The Kier molecular flexibility index (Phi) is 9.18. The zero-order chi connectivity index (χ0) is 27.2. The van der Waals surface area contributed by atoms with Crippen LogP contribution >= 0.6 is 47.8 Å². The third-order valence-corrected chi connectivity index (χ3v) is 6.58. The van der Waals surface area contributed by atoms with Crippen LogP contribution in [0.1, 0.15) is 23.0 Å². The highest BCUT2D eigenvalue weighted by Gasteiger charge is 2.16. The summed E-state index contributed by atoms with van der Waals surface area (Å²) in [6.07, 6.45) is 1.44. The van der Waals surface area contributed by atoms with Gasteiger partial charge in [0.15, 0.2) is 23.9 Å². The lowest BCUT2D eigenvalue weighted by molar-refractivity contribution is -0.118. The molecule has 0 aliphatic rings. The molecule has 3 aromatic carbocycles. The predicted molar refractivity (Wildman–Crippen MR) is 153 cm³/mol. The molecule has 0 atom stereocenters. The molecule has 4 aromatic rings. The van der Waals surface area contributed by atoms with E-state index in [1.807, 2.05) is 19.1 Å². The summed E-state index contributed by atoms with van der Waals surface area (Å²) in [6, 6.07) is 14.0. The van der Waals surface area contributed by atoms with Crippen molar-refractivity contribution in [3.05, 3.63) is 85.2 Å². The van der Waals surface area contributed by atoms with Gasteiger partial charge in [0, 0.05) is 15.5 Å². The average Bonchev–Trinajstić information content (AvgIpc) is 3.30. The fraction of sp³-hybridized carbons (Fsp3) is 0.115. The highest BCUT2D eigenvalue weighted by molar-refractivity contribution is 9.11. The van der Waals surface area contributed by atoms with Crippen LogP contribution in [0.15, 0.2) is 77.5 Å². The molecule has 2 N–H and O–H groups in total. The Morgan fingerprint density at radius 3 is 2.53 bits per heavy atom. The van der Waals surface area contributed by atoms with Gasteiger partial charge in [0.1, 0.15) is 11.4 Å². The Balaban J connectivity index is 1.42. The summed E-state index contributed by atoms with van der Waals surface area (Å²) < 4.78 is 32.1. The van der Waals surface area contributed by atoms with E-state index in [1.165, 1.54) is 30.5 Å². The van der Waals surface area contributed by atoms with E-state index in [2.05, 4.69) is 63.6 Å².